The minimum absolute atomic E-state index is 0.0198. The summed E-state index contributed by atoms with van der Waals surface area (Å²) in [6, 6.07) is 6.74. The van der Waals surface area contributed by atoms with Gasteiger partial charge in [0.2, 0.25) is 29.5 Å². The molecule has 12 N–H and O–H groups in total. The lowest BCUT2D eigenvalue weighted by molar-refractivity contribution is -0.142. The van der Waals surface area contributed by atoms with Gasteiger partial charge in [0.05, 0.1) is 18.8 Å². The summed E-state index contributed by atoms with van der Waals surface area (Å²) in [5.41, 5.74) is 13.5. The number of phenols is 1. The number of nitrogens with two attached hydrogens (primary N) is 2. The first-order valence-corrected chi connectivity index (χ1v) is 17.0. The molecule has 0 aliphatic heterocycles. The maximum Gasteiger partial charge on any atom is 0.326 e. The van der Waals surface area contributed by atoms with E-state index in [4.69, 9.17) is 11.5 Å². The van der Waals surface area contributed by atoms with E-state index in [9.17, 15) is 39.0 Å². The average Bonchev–Trinajstić information content (AvgIpc) is 3.79. The number of primary amides is 1. The largest absolute Gasteiger partial charge is 0.508 e. The number of H-pyrrole nitrogens is 2. The van der Waals surface area contributed by atoms with E-state index in [0.29, 0.717) is 23.2 Å². The zero-order valence-electron chi connectivity index (χ0n) is 29.3. The molecule has 0 aliphatic rings. The van der Waals surface area contributed by atoms with Crippen LogP contribution in [0.15, 0.2) is 67.3 Å². The van der Waals surface area contributed by atoms with Crippen LogP contribution < -0.4 is 32.7 Å². The van der Waals surface area contributed by atoms with E-state index in [1.165, 1.54) is 24.7 Å². The minimum Gasteiger partial charge on any atom is -0.508 e. The molecule has 0 saturated carbocycles. The number of carbonyl (C=O) groups is 6. The molecule has 2 aromatic carbocycles. The van der Waals surface area contributed by atoms with Crippen LogP contribution in [0.1, 0.15) is 43.5 Å². The Morgan fingerprint density at radius 1 is 0.811 bits per heavy atom. The number of benzene rings is 2. The first kappa shape index (κ1) is 39.6. The minimum atomic E-state index is -1.36. The van der Waals surface area contributed by atoms with Crippen LogP contribution >= 0.6 is 0 Å². The number of aromatic nitrogens is 3. The van der Waals surface area contributed by atoms with Crippen LogP contribution in [-0.2, 0) is 48.0 Å². The molecule has 0 bridgehead atoms. The van der Waals surface area contributed by atoms with Gasteiger partial charge < -0.3 is 52.9 Å². The maximum absolute atomic E-state index is 14.2. The van der Waals surface area contributed by atoms with Crippen molar-refractivity contribution in [1.29, 1.82) is 0 Å². The summed E-state index contributed by atoms with van der Waals surface area (Å²) < 4.78 is 0. The van der Waals surface area contributed by atoms with E-state index in [-0.39, 0.29) is 25.0 Å². The Balaban J connectivity index is 1.63. The van der Waals surface area contributed by atoms with E-state index < -0.39 is 78.1 Å². The number of carboxylic acid groups (broad SMARTS) is 1. The van der Waals surface area contributed by atoms with Crippen molar-refractivity contribution in [3.05, 3.63) is 84.1 Å². The average molecular weight is 732 g/mol. The predicted molar refractivity (Wildman–Crippen MR) is 193 cm³/mol. The number of carbonyl (C=O) groups excluding carboxylic acids is 5. The molecule has 17 nitrogen and oxygen atoms in total. The van der Waals surface area contributed by atoms with E-state index in [2.05, 4.69) is 36.2 Å². The molecular formula is C36H45N9O8. The Kier molecular flexibility index (Phi) is 13.7. The van der Waals surface area contributed by atoms with Crippen LogP contribution in [0.3, 0.4) is 0 Å². The second-order valence-corrected chi connectivity index (χ2v) is 12.9. The van der Waals surface area contributed by atoms with Crippen molar-refractivity contribution in [2.45, 2.75) is 76.2 Å². The second kappa shape index (κ2) is 18.3. The molecule has 0 spiro atoms. The number of para-hydroxylation sites is 1. The van der Waals surface area contributed by atoms with Crippen molar-refractivity contribution in [2.24, 2.45) is 17.4 Å². The van der Waals surface area contributed by atoms with Crippen LogP contribution in [-0.4, -0.2) is 90.9 Å². The van der Waals surface area contributed by atoms with Crippen molar-refractivity contribution in [3.8, 4) is 5.75 Å². The van der Waals surface area contributed by atoms with Crippen LogP contribution in [0.25, 0.3) is 10.9 Å². The van der Waals surface area contributed by atoms with Gasteiger partial charge in [-0.2, -0.15) is 0 Å². The lowest BCUT2D eigenvalue weighted by atomic mass is 9.96. The van der Waals surface area contributed by atoms with Crippen molar-refractivity contribution < 1.29 is 39.0 Å². The van der Waals surface area contributed by atoms with Gasteiger partial charge in [0.25, 0.3) is 0 Å². The molecule has 2 heterocycles. The lowest BCUT2D eigenvalue weighted by Crippen LogP contribution is -2.60. The van der Waals surface area contributed by atoms with Gasteiger partial charge in [-0.1, -0.05) is 50.6 Å². The van der Waals surface area contributed by atoms with Gasteiger partial charge in [0, 0.05) is 48.3 Å². The van der Waals surface area contributed by atoms with Crippen LogP contribution in [0, 0.1) is 5.92 Å². The molecular weight excluding hydrogens is 686 g/mol. The second-order valence-electron chi connectivity index (χ2n) is 12.9. The van der Waals surface area contributed by atoms with Crippen molar-refractivity contribution in [1.82, 2.24) is 36.2 Å². The maximum atomic E-state index is 14.2. The van der Waals surface area contributed by atoms with Gasteiger partial charge >= 0.3 is 5.97 Å². The summed E-state index contributed by atoms with van der Waals surface area (Å²) in [7, 11) is 0. The van der Waals surface area contributed by atoms with E-state index in [1.807, 2.05) is 24.3 Å². The number of phenolic OH excluding ortho intramolecular Hbond substituents is 1. The molecule has 0 saturated heterocycles. The summed E-state index contributed by atoms with van der Waals surface area (Å²) in [6.45, 7) is 3.53. The molecule has 0 radical (unpaired) electrons. The summed E-state index contributed by atoms with van der Waals surface area (Å²) in [6.07, 6.45) is 4.26. The molecule has 0 aliphatic carbocycles. The fourth-order valence-electron chi connectivity index (χ4n) is 5.70. The summed E-state index contributed by atoms with van der Waals surface area (Å²) >= 11 is 0. The van der Waals surface area contributed by atoms with Crippen LogP contribution in [0.4, 0.5) is 0 Å². The molecule has 0 unspecified atom stereocenters. The number of aromatic hydroxyl groups is 1. The van der Waals surface area contributed by atoms with Crippen LogP contribution in [0.2, 0.25) is 0 Å². The summed E-state index contributed by atoms with van der Waals surface area (Å²) in [5.74, 6) is -5.69. The monoisotopic (exact) mass is 731 g/mol. The number of nitrogens with one attached hydrogen (secondary N) is 6. The number of hydrogen-bond acceptors (Lipinski definition) is 9. The third kappa shape index (κ3) is 11.1. The highest BCUT2D eigenvalue weighted by molar-refractivity contribution is 5.97. The molecule has 6 atom stereocenters. The van der Waals surface area contributed by atoms with Gasteiger partial charge in [0.15, 0.2) is 0 Å². The standard InChI is InChI=1S/C36H45N9O8/c1-3-19(2)31(35(51)44-29(36(52)53)14-22-17-39-18-41-22)45-34(50)28(13-21-16-40-26-7-5-4-6-24(21)26)43-33(49)27(12-20-8-10-23(46)11-9-20)42-32(48)25(37)15-30(38)47/h4-11,16-19,25,27-29,31,40,46H,3,12-15,37H2,1-2H3,(H2,38,47)(H,39,41)(H,42,48)(H,43,49)(H,44,51)(H,45,50)(H,52,53)/t19-,25-,27-,28-,29-,31-/m0/s1. The highest BCUT2D eigenvalue weighted by Gasteiger charge is 2.34. The Morgan fingerprint density at radius 3 is 2.09 bits per heavy atom. The molecule has 17 heteroatoms. The van der Waals surface area contributed by atoms with Crippen molar-refractivity contribution >= 4 is 46.4 Å². The number of amides is 5. The number of fused-ring (bicyclic) bond motifs is 1. The number of nitrogens with zero attached hydrogens (tertiary/aromatic N) is 1. The molecule has 282 valence electrons. The smallest absolute Gasteiger partial charge is 0.326 e. The first-order chi connectivity index (χ1) is 25.2. The predicted octanol–water partition coefficient (Wildman–Crippen LogP) is -0.103. The Labute approximate surface area is 304 Å². The molecule has 2 aromatic heterocycles. The Hall–Kier alpha value is -6.23. The normalized spacial score (nSPS) is 14.5. The molecule has 4 rings (SSSR count). The number of aromatic amines is 2. The quantitative estimate of drug-likeness (QED) is 0.0611. The third-order valence-electron chi connectivity index (χ3n) is 8.89. The highest BCUT2D eigenvalue weighted by atomic mass is 16.4. The van der Waals surface area contributed by atoms with Gasteiger partial charge in [-0.25, -0.2) is 9.78 Å². The Morgan fingerprint density at radius 2 is 1.45 bits per heavy atom. The Bertz CT molecular complexity index is 1890. The van der Waals surface area contributed by atoms with Gasteiger partial charge in [-0.3, -0.25) is 24.0 Å². The topological polar surface area (TPSA) is 288 Å². The number of hydrogen-bond donors (Lipinski definition) is 10. The third-order valence-corrected chi connectivity index (χ3v) is 8.89. The zero-order chi connectivity index (χ0) is 38.7. The lowest BCUT2D eigenvalue weighted by Gasteiger charge is -2.28. The number of rotatable bonds is 19. The molecule has 5 amide bonds. The number of carboxylic acids is 1. The zero-order valence-corrected chi connectivity index (χ0v) is 29.3. The van der Waals surface area contributed by atoms with Crippen LogP contribution in [0.5, 0.6) is 5.75 Å². The van der Waals surface area contributed by atoms with Crippen molar-refractivity contribution in [2.75, 3.05) is 0 Å². The first-order valence-electron chi connectivity index (χ1n) is 17.0. The highest BCUT2D eigenvalue weighted by Crippen LogP contribution is 2.20. The van der Waals surface area contributed by atoms with E-state index in [1.54, 1.807) is 32.2 Å². The fraction of sp³-hybridized carbons (Fsp3) is 0.361. The summed E-state index contributed by atoms with van der Waals surface area (Å²) in [5, 5.41) is 30.9. The molecule has 53 heavy (non-hydrogen) atoms. The van der Waals surface area contributed by atoms with E-state index in [0.717, 1.165) is 10.9 Å². The van der Waals surface area contributed by atoms with E-state index >= 15 is 0 Å². The van der Waals surface area contributed by atoms with Gasteiger partial charge in [-0.05, 0) is 35.2 Å². The SMILES string of the molecule is CC[C@H](C)[C@H](NC(=O)[C@H](Cc1c[nH]c2ccccc12)NC(=O)[C@H](Cc1ccc(O)cc1)NC(=O)[C@@H](N)CC(N)=O)C(=O)N[C@@H](Cc1cnc[nH]1)C(=O)O. The number of aliphatic carboxylic acids is 1. The summed E-state index contributed by atoms with van der Waals surface area (Å²) in [4.78, 5) is 88.2. The fourth-order valence-corrected chi connectivity index (χ4v) is 5.70. The number of imidazole rings is 1. The van der Waals surface area contributed by atoms with Crippen molar-refractivity contribution in [3.63, 3.8) is 0 Å². The molecule has 0 fully saturated rings. The molecule has 4 aromatic rings. The van der Waals surface area contributed by atoms with Gasteiger partial charge in [-0.15, -0.1) is 0 Å². The van der Waals surface area contributed by atoms with Gasteiger partial charge in [0.1, 0.15) is 29.9 Å².